The number of fused-ring (bicyclic) bond motifs is 1. The molecule has 0 aliphatic carbocycles. The maximum atomic E-state index is 14.2. The van der Waals surface area contributed by atoms with E-state index in [2.05, 4.69) is 31.3 Å². The molecule has 2 aliphatic heterocycles. The third kappa shape index (κ3) is 6.78. The Bertz CT molecular complexity index is 1980. The number of hydrogen-bond acceptors (Lipinski definition) is 8. The molecule has 0 saturated carbocycles. The Balaban J connectivity index is 1.36. The maximum absolute atomic E-state index is 14.2. The molecular formula is C33H26BrCl2F3N6O4. The molecule has 3 aromatic carbocycles. The Labute approximate surface area is 296 Å². The topological polar surface area (TPSA) is 98.3 Å². The van der Waals surface area contributed by atoms with Gasteiger partial charge in [0.15, 0.2) is 29.6 Å². The van der Waals surface area contributed by atoms with Crippen LogP contribution in [0.3, 0.4) is 0 Å². The molecule has 0 bridgehead atoms. The Kier molecular flexibility index (Phi) is 9.88. The van der Waals surface area contributed by atoms with Crippen molar-refractivity contribution in [3.8, 4) is 16.9 Å². The monoisotopic (exact) mass is 776 g/mol. The van der Waals surface area contributed by atoms with Gasteiger partial charge in [0.2, 0.25) is 0 Å². The molecule has 4 heterocycles. The summed E-state index contributed by atoms with van der Waals surface area (Å²) in [6.45, 7) is 1.97. The molecule has 2 fully saturated rings. The molecule has 2 aromatic heterocycles. The minimum absolute atomic E-state index is 0.0106. The molecule has 6 atom stereocenters. The second-order valence-electron chi connectivity index (χ2n) is 11.3. The van der Waals surface area contributed by atoms with E-state index in [-0.39, 0.29) is 24.5 Å². The summed E-state index contributed by atoms with van der Waals surface area (Å²) in [7, 11) is 0. The zero-order chi connectivity index (χ0) is 34.2. The molecule has 10 nitrogen and oxygen atoms in total. The van der Waals surface area contributed by atoms with E-state index in [1.807, 2.05) is 30.3 Å². The summed E-state index contributed by atoms with van der Waals surface area (Å²) in [5.41, 5.74) is 1.33. The van der Waals surface area contributed by atoms with Crippen molar-refractivity contribution in [1.29, 1.82) is 0 Å². The standard InChI is InChI=1S/C33H26BrCl2F3N6O4/c1-17-40-32(45(42-17)25-14-20(35)8-9-21(25)36)31-30(46-11-5-10-34)28(29-26(48-31)16-47-33(49-29)18-6-3-2-4-7-18)44-15-24(41-43-44)19-12-22(37)27(39)23(38)13-19/h2-10,12-15,26,28-31,33H,11,16H2,1H3/b10-5-. The minimum atomic E-state index is -1.58. The van der Waals surface area contributed by atoms with Gasteiger partial charge in [-0.2, -0.15) is 5.10 Å². The highest BCUT2D eigenvalue weighted by Gasteiger charge is 2.53. The van der Waals surface area contributed by atoms with E-state index < -0.39 is 54.2 Å². The summed E-state index contributed by atoms with van der Waals surface area (Å²) in [5, 5.41) is 14.0. The van der Waals surface area contributed by atoms with Crippen LogP contribution in [-0.4, -0.2) is 61.3 Å². The Morgan fingerprint density at radius 3 is 2.57 bits per heavy atom. The second-order valence-corrected chi connectivity index (χ2v) is 12.7. The van der Waals surface area contributed by atoms with Gasteiger partial charge in [-0.3, -0.25) is 0 Å². The van der Waals surface area contributed by atoms with Crippen molar-refractivity contribution >= 4 is 39.1 Å². The summed E-state index contributed by atoms with van der Waals surface area (Å²) < 4.78 is 71.3. The largest absolute Gasteiger partial charge is 0.369 e. The SMILES string of the molecule is Cc1nc(C2OC3COC(c4ccccc4)OC3C(n3cc(-c4cc(F)c(F)c(F)c4)nn3)C2OC/C=C\Br)n(-c2cc(Cl)ccc2Cl)n1. The Morgan fingerprint density at radius 2 is 1.82 bits per heavy atom. The first-order valence-corrected chi connectivity index (χ1v) is 16.7. The number of aromatic nitrogens is 6. The molecule has 0 amide bonds. The number of aryl methyl sites for hydroxylation is 1. The molecule has 2 saturated heterocycles. The van der Waals surface area contributed by atoms with Crippen LogP contribution in [0, 0.1) is 24.4 Å². The van der Waals surface area contributed by atoms with Crippen LogP contribution in [0.4, 0.5) is 13.2 Å². The zero-order valence-corrected chi connectivity index (χ0v) is 28.6. The van der Waals surface area contributed by atoms with Gasteiger partial charge < -0.3 is 18.9 Å². The van der Waals surface area contributed by atoms with Crippen LogP contribution in [0.25, 0.3) is 16.9 Å². The molecule has 6 unspecified atom stereocenters. The number of ether oxygens (including phenoxy) is 4. The average Bonchev–Trinajstić information content (AvgIpc) is 3.75. The molecule has 254 valence electrons. The van der Waals surface area contributed by atoms with Crippen molar-refractivity contribution < 1.29 is 32.1 Å². The van der Waals surface area contributed by atoms with Crippen molar-refractivity contribution in [3.05, 3.63) is 123 Å². The zero-order valence-electron chi connectivity index (χ0n) is 25.5. The molecule has 0 spiro atoms. The van der Waals surface area contributed by atoms with Gasteiger partial charge in [0.25, 0.3) is 0 Å². The lowest BCUT2D eigenvalue weighted by molar-refractivity contribution is -0.322. The van der Waals surface area contributed by atoms with Crippen molar-refractivity contribution in [2.45, 2.75) is 43.7 Å². The summed E-state index contributed by atoms with van der Waals surface area (Å²) in [6.07, 6.45) is -0.735. The third-order valence-electron chi connectivity index (χ3n) is 8.12. The lowest BCUT2D eigenvalue weighted by atomic mass is 9.90. The van der Waals surface area contributed by atoms with E-state index in [4.69, 9.17) is 47.1 Å². The first kappa shape index (κ1) is 33.8. The van der Waals surface area contributed by atoms with Crippen LogP contribution in [0.2, 0.25) is 10.0 Å². The number of nitrogens with zero attached hydrogens (tertiary/aromatic N) is 6. The predicted molar refractivity (Wildman–Crippen MR) is 176 cm³/mol. The Morgan fingerprint density at radius 1 is 1.04 bits per heavy atom. The van der Waals surface area contributed by atoms with Gasteiger partial charge in [-0.15, -0.1) is 5.10 Å². The molecular weight excluding hydrogens is 752 g/mol. The van der Waals surface area contributed by atoms with Gasteiger partial charge in [-0.1, -0.05) is 80.8 Å². The number of hydrogen-bond donors (Lipinski definition) is 0. The first-order valence-electron chi connectivity index (χ1n) is 15.0. The summed E-state index contributed by atoms with van der Waals surface area (Å²) in [5.74, 6) is -3.51. The molecule has 0 radical (unpaired) electrons. The average molecular weight is 778 g/mol. The summed E-state index contributed by atoms with van der Waals surface area (Å²) >= 11 is 16.3. The number of rotatable bonds is 8. The van der Waals surface area contributed by atoms with E-state index >= 15 is 0 Å². The van der Waals surface area contributed by atoms with Gasteiger partial charge in [0.1, 0.15) is 42.0 Å². The first-order chi connectivity index (χ1) is 23.7. The van der Waals surface area contributed by atoms with Crippen LogP contribution in [0.15, 0.2) is 77.9 Å². The van der Waals surface area contributed by atoms with Crippen LogP contribution < -0.4 is 0 Å². The second kappa shape index (κ2) is 14.3. The van der Waals surface area contributed by atoms with E-state index in [9.17, 15) is 13.2 Å². The third-order valence-corrected chi connectivity index (χ3v) is 9.05. The van der Waals surface area contributed by atoms with E-state index in [1.54, 1.807) is 40.9 Å². The van der Waals surface area contributed by atoms with Crippen LogP contribution in [-0.2, 0) is 18.9 Å². The fraction of sp³-hybridized carbons (Fsp3) is 0.273. The quantitative estimate of drug-likeness (QED) is 0.148. The molecule has 5 aromatic rings. The minimum Gasteiger partial charge on any atom is -0.369 e. The molecule has 2 aliphatic rings. The fourth-order valence-corrected chi connectivity index (χ4v) is 6.49. The van der Waals surface area contributed by atoms with Gasteiger partial charge in [0, 0.05) is 16.1 Å². The van der Waals surface area contributed by atoms with Crippen molar-refractivity contribution in [3.63, 3.8) is 0 Å². The van der Waals surface area contributed by atoms with Crippen molar-refractivity contribution in [1.82, 2.24) is 29.8 Å². The lowest BCUT2D eigenvalue weighted by Crippen LogP contribution is -2.57. The van der Waals surface area contributed by atoms with E-state index in [1.165, 1.54) is 10.9 Å². The van der Waals surface area contributed by atoms with Gasteiger partial charge in [-0.25, -0.2) is 27.5 Å². The maximum Gasteiger partial charge on any atom is 0.194 e. The molecule has 16 heteroatoms. The van der Waals surface area contributed by atoms with Crippen LogP contribution in [0.5, 0.6) is 0 Å². The highest BCUT2D eigenvalue weighted by molar-refractivity contribution is 9.11. The van der Waals surface area contributed by atoms with Gasteiger partial charge >= 0.3 is 0 Å². The summed E-state index contributed by atoms with van der Waals surface area (Å²) in [4.78, 5) is 6.40. The fourth-order valence-electron chi connectivity index (χ4n) is 5.98. The molecule has 49 heavy (non-hydrogen) atoms. The Hall–Kier alpha value is -3.63. The van der Waals surface area contributed by atoms with Gasteiger partial charge in [0.05, 0.1) is 30.1 Å². The van der Waals surface area contributed by atoms with Crippen molar-refractivity contribution in [2.24, 2.45) is 0 Å². The molecule has 7 rings (SSSR count). The van der Waals surface area contributed by atoms with Gasteiger partial charge in [-0.05, 0) is 42.2 Å². The van der Waals surface area contributed by atoms with E-state index in [0.717, 1.165) is 17.7 Å². The number of benzene rings is 3. The van der Waals surface area contributed by atoms with E-state index in [0.29, 0.717) is 27.4 Å². The number of halogens is 6. The lowest BCUT2D eigenvalue weighted by Gasteiger charge is -2.49. The highest BCUT2D eigenvalue weighted by Crippen LogP contribution is 2.45. The highest BCUT2D eigenvalue weighted by atomic mass is 79.9. The van der Waals surface area contributed by atoms with Crippen molar-refractivity contribution in [2.75, 3.05) is 13.2 Å². The predicted octanol–water partition coefficient (Wildman–Crippen LogP) is 7.65. The molecule has 0 N–H and O–H groups in total. The van der Waals surface area contributed by atoms with Crippen LogP contribution >= 0.6 is 39.1 Å². The van der Waals surface area contributed by atoms with Crippen LogP contribution in [0.1, 0.15) is 35.6 Å². The smallest absolute Gasteiger partial charge is 0.194 e. The summed E-state index contributed by atoms with van der Waals surface area (Å²) in [6, 6.07) is 15.3. The normalized spacial score (nSPS) is 24.0.